The molecule has 0 aromatic heterocycles. The third-order valence-electron chi connectivity index (χ3n) is 8.27. The van der Waals surface area contributed by atoms with E-state index in [1.807, 2.05) is 0 Å². The molecule has 0 spiro atoms. The minimum absolute atomic E-state index is 0.0386. The predicted molar refractivity (Wildman–Crippen MR) is 94.1 cm³/mol. The molecule has 26 heavy (non-hydrogen) atoms. The number of rotatable bonds is 3. The molecule has 3 fully saturated rings. The molecule has 0 bridgehead atoms. The Bertz CT molecular complexity index is 682. The van der Waals surface area contributed by atoms with Gasteiger partial charge in [-0.25, -0.2) is 0 Å². The molecule has 0 radical (unpaired) electrons. The molecule has 3 saturated carbocycles. The highest BCUT2D eigenvalue weighted by molar-refractivity contribution is 5.91. The lowest BCUT2D eigenvalue weighted by Crippen LogP contribution is -2.58. The Labute approximate surface area is 153 Å². The normalized spacial score (nSPS) is 47.4. The van der Waals surface area contributed by atoms with Gasteiger partial charge in [0.2, 0.25) is 0 Å². The van der Waals surface area contributed by atoms with Crippen LogP contribution < -0.4 is 0 Å². The van der Waals surface area contributed by atoms with Gasteiger partial charge in [0.15, 0.2) is 11.6 Å². The molecule has 0 aromatic rings. The van der Waals surface area contributed by atoms with E-state index >= 15 is 0 Å². The quantitative estimate of drug-likeness (QED) is 0.750. The molecule has 0 unspecified atom stereocenters. The van der Waals surface area contributed by atoms with Crippen LogP contribution in [0.5, 0.6) is 0 Å². The van der Waals surface area contributed by atoms with Crippen molar-refractivity contribution in [2.75, 3.05) is 6.61 Å². The number of fused-ring (bicyclic) bond motifs is 5. The van der Waals surface area contributed by atoms with E-state index in [0.29, 0.717) is 19.3 Å². The minimum Gasteiger partial charge on any atom is -0.393 e. The molecule has 4 rings (SSSR count). The van der Waals surface area contributed by atoms with Gasteiger partial charge in [-0.1, -0.05) is 12.5 Å². The summed E-state index contributed by atoms with van der Waals surface area (Å²) in [6, 6.07) is 0. The Balaban J connectivity index is 1.74. The van der Waals surface area contributed by atoms with Gasteiger partial charge in [0.05, 0.1) is 6.10 Å². The van der Waals surface area contributed by atoms with Crippen molar-refractivity contribution in [1.82, 2.24) is 0 Å². The van der Waals surface area contributed by atoms with E-state index in [2.05, 4.69) is 6.92 Å². The first kappa shape index (κ1) is 18.1. The molecule has 4 aliphatic rings. The van der Waals surface area contributed by atoms with Gasteiger partial charge in [-0.3, -0.25) is 9.59 Å². The van der Waals surface area contributed by atoms with E-state index in [4.69, 9.17) is 0 Å². The zero-order valence-electron chi connectivity index (χ0n) is 15.3. The van der Waals surface area contributed by atoms with Crippen molar-refractivity contribution in [3.05, 3.63) is 11.6 Å². The maximum absolute atomic E-state index is 12.3. The monoisotopic (exact) mass is 360 g/mol. The molecule has 2 N–H and O–H groups in total. The number of hydrogen-bond acceptors (Lipinski definition) is 5. The fraction of sp³-hybridized carbons (Fsp3) is 0.762. The lowest BCUT2D eigenvalue weighted by Gasteiger charge is -2.59. The SMILES string of the molecule is C[C@]12CCC(=O)C=C1CC[C@H]1[C@H]2[C@@H](O)C[C@@]2(C=O)[C@@H]1CC[C@H]2C(=O)CO. The topological polar surface area (TPSA) is 91.7 Å². The fourth-order valence-electron chi connectivity index (χ4n) is 7.18. The summed E-state index contributed by atoms with van der Waals surface area (Å²) in [7, 11) is 0. The highest BCUT2D eigenvalue weighted by Crippen LogP contribution is 2.66. The number of aldehydes is 1. The number of Topliss-reactive ketones (excluding diaryl/α,β-unsaturated/α-hetero) is 1. The summed E-state index contributed by atoms with van der Waals surface area (Å²) in [5, 5.41) is 20.5. The van der Waals surface area contributed by atoms with Crippen molar-refractivity contribution in [2.24, 2.45) is 34.5 Å². The molecule has 5 nitrogen and oxygen atoms in total. The molecule has 0 aromatic carbocycles. The van der Waals surface area contributed by atoms with Crippen LogP contribution >= 0.6 is 0 Å². The van der Waals surface area contributed by atoms with Crippen molar-refractivity contribution in [1.29, 1.82) is 0 Å². The number of aliphatic hydroxyl groups excluding tert-OH is 2. The van der Waals surface area contributed by atoms with Crippen LogP contribution in [0.1, 0.15) is 51.9 Å². The average molecular weight is 360 g/mol. The third-order valence-corrected chi connectivity index (χ3v) is 8.27. The van der Waals surface area contributed by atoms with E-state index in [1.54, 1.807) is 6.08 Å². The molecule has 5 heteroatoms. The summed E-state index contributed by atoms with van der Waals surface area (Å²) >= 11 is 0. The molecule has 142 valence electrons. The zero-order valence-corrected chi connectivity index (χ0v) is 15.3. The molecule has 0 saturated heterocycles. The highest BCUT2D eigenvalue weighted by Gasteiger charge is 2.64. The Morgan fingerprint density at radius 1 is 1.31 bits per heavy atom. The average Bonchev–Trinajstić information content (AvgIpc) is 3.00. The second-order valence-electron chi connectivity index (χ2n) is 9.14. The molecular formula is C21H28O5. The van der Waals surface area contributed by atoms with Crippen LogP contribution in [-0.2, 0) is 14.4 Å². The number of hydrogen-bond donors (Lipinski definition) is 2. The minimum atomic E-state index is -0.831. The standard InChI is InChI=1S/C21H28O5/c1-20-7-6-13(24)8-12(20)2-3-14-15-4-5-16(18(26)10-22)21(15,11-23)9-17(25)19(14)20/h8,11,14-17,19,22,25H,2-7,9-10H2,1H3/t14-,15-,16+,17+,19+,20+,21-/m1/s1. The van der Waals surface area contributed by atoms with E-state index in [1.165, 1.54) is 0 Å². The van der Waals surface area contributed by atoms with E-state index < -0.39 is 24.0 Å². The number of allylic oxidation sites excluding steroid dienone is 1. The Morgan fingerprint density at radius 2 is 2.08 bits per heavy atom. The van der Waals surface area contributed by atoms with E-state index in [9.17, 15) is 24.6 Å². The lowest BCUT2D eigenvalue weighted by molar-refractivity contribution is -0.157. The summed E-state index contributed by atoms with van der Waals surface area (Å²) in [5.74, 6) is -0.241. The Kier molecular flexibility index (Phi) is 4.23. The third kappa shape index (κ3) is 2.26. The van der Waals surface area contributed by atoms with Gasteiger partial charge < -0.3 is 15.0 Å². The molecule has 0 amide bonds. The predicted octanol–water partition coefficient (Wildman–Crippen LogP) is 1.85. The van der Waals surface area contributed by atoms with Gasteiger partial charge in [-0.15, -0.1) is 0 Å². The van der Waals surface area contributed by atoms with Crippen molar-refractivity contribution in [3.8, 4) is 0 Å². The van der Waals surface area contributed by atoms with Crippen LogP contribution in [0.25, 0.3) is 0 Å². The maximum Gasteiger partial charge on any atom is 0.162 e. The smallest absolute Gasteiger partial charge is 0.162 e. The summed E-state index contributed by atoms with van der Waals surface area (Å²) in [5.41, 5.74) is 0.140. The Hall–Kier alpha value is -1.33. The maximum atomic E-state index is 12.3. The first-order valence-electron chi connectivity index (χ1n) is 9.89. The van der Waals surface area contributed by atoms with Gasteiger partial charge in [0.1, 0.15) is 12.9 Å². The first-order valence-corrected chi connectivity index (χ1v) is 9.89. The fourth-order valence-corrected chi connectivity index (χ4v) is 7.18. The van der Waals surface area contributed by atoms with Crippen LogP contribution in [0.2, 0.25) is 0 Å². The second-order valence-corrected chi connectivity index (χ2v) is 9.14. The number of carbonyl (C=O) groups excluding carboxylic acids is 3. The van der Waals surface area contributed by atoms with Crippen molar-refractivity contribution in [2.45, 2.75) is 58.0 Å². The van der Waals surface area contributed by atoms with Gasteiger partial charge >= 0.3 is 0 Å². The Morgan fingerprint density at radius 3 is 2.77 bits per heavy atom. The molecule has 7 atom stereocenters. The summed E-state index contributed by atoms with van der Waals surface area (Å²) in [4.78, 5) is 36.4. The van der Waals surface area contributed by atoms with Crippen LogP contribution in [0.4, 0.5) is 0 Å². The summed E-state index contributed by atoms with van der Waals surface area (Å²) in [6.07, 6.45) is 6.75. The summed E-state index contributed by atoms with van der Waals surface area (Å²) in [6.45, 7) is 1.63. The van der Waals surface area contributed by atoms with E-state index in [0.717, 1.165) is 37.5 Å². The van der Waals surface area contributed by atoms with Crippen molar-refractivity contribution < 1.29 is 24.6 Å². The van der Waals surface area contributed by atoms with Gasteiger partial charge in [-0.05, 0) is 67.8 Å². The van der Waals surface area contributed by atoms with Crippen molar-refractivity contribution in [3.63, 3.8) is 0 Å². The van der Waals surface area contributed by atoms with Gasteiger partial charge in [0.25, 0.3) is 0 Å². The molecule has 0 heterocycles. The van der Waals surface area contributed by atoms with Crippen molar-refractivity contribution >= 4 is 17.9 Å². The first-order chi connectivity index (χ1) is 12.4. The van der Waals surface area contributed by atoms with Crippen LogP contribution in [0.15, 0.2) is 11.6 Å². The lowest BCUT2D eigenvalue weighted by atomic mass is 9.45. The van der Waals surface area contributed by atoms with Crippen LogP contribution in [0.3, 0.4) is 0 Å². The second kappa shape index (κ2) is 6.10. The van der Waals surface area contributed by atoms with Gasteiger partial charge in [0, 0.05) is 17.8 Å². The van der Waals surface area contributed by atoms with Crippen LogP contribution in [-0.4, -0.2) is 40.8 Å². The van der Waals surface area contributed by atoms with E-state index in [-0.39, 0.29) is 34.7 Å². The number of aliphatic hydroxyl groups is 2. The molecule has 0 aliphatic heterocycles. The largest absolute Gasteiger partial charge is 0.393 e. The van der Waals surface area contributed by atoms with Crippen LogP contribution in [0, 0.1) is 34.5 Å². The van der Waals surface area contributed by atoms with Gasteiger partial charge in [-0.2, -0.15) is 0 Å². The zero-order chi connectivity index (χ0) is 18.7. The molecule has 4 aliphatic carbocycles. The number of ketones is 2. The highest BCUT2D eigenvalue weighted by atomic mass is 16.3. The summed E-state index contributed by atoms with van der Waals surface area (Å²) < 4.78 is 0. The number of carbonyl (C=O) groups is 3. The molecular weight excluding hydrogens is 332 g/mol.